The van der Waals surface area contributed by atoms with E-state index in [1.165, 1.54) is 0 Å². The SMILES string of the molecule is CN(C)CCCNC(=O)C1CN(C)CCN1. The van der Waals surface area contributed by atoms with Gasteiger partial charge in [-0.15, -0.1) is 0 Å². The Morgan fingerprint density at radius 2 is 2.31 bits per heavy atom. The molecule has 16 heavy (non-hydrogen) atoms. The minimum atomic E-state index is -0.0434. The Morgan fingerprint density at radius 3 is 2.94 bits per heavy atom. The number of carbonyl (C=O) groups is 1. The number of hydrogen-bond acceptors (Lipinski definition) is 4. The van der Waals surface area contributed by atoms with Gasteiger partial charge in [0.25, 0.3) is 0 Å². The molecule has 0 aromatic rings. The third kappa shape index (κ3) is 4.92. The van der Waals surface area contributed by atoms with Gasteiger partial charge >= 0.3 is 0 Å². The molecule has 1 fully saturated rings. The van der Waals surface area contributed by atoms with Crippen LogP contribution in [0.2, 0.25) is 0 Å². The van der Waals surface area contributed by atoms with Gasteiger partial charge in [-0.25, -0.2) is 0 Å². The maximum absolute atomic E-state index is 11.8. The van der Waals surface area contributed by atoms with Crippen LogP contribution in [0.3, 0.4) is 0 Å². The van der Waals surface area contributed by atoms with E-state index < -0.39 is 0 Å². The van der Waals surface area contributed by atoms with Crippen molar-refractivity contribution >= 4 is 5.91 Å². The fourth-order valence-electron chi connectivity index (χ4n) is 1.80. The Labute approximate surface area is 98.2 Å². The molecule has 1 saturated heterocycles. The molecule has 5 heteroatoms. The lowest BCUT2D eigenvalue weighted by Crippen LogP contribution is -2.56. The van der Waals surface area contributed by atoms with E-state index in [9.17, 15) is 4.79 Å². The Kier molecular flexibility index (Phi) is 5.73. The lowest BCUT2D eigenvalue weighted by atomic mass is 10.2. The van der Waals surface area contributed by atoms with Gasteiger partial charge in [-0.2, -0.15) is 0 Å². The molecule has 1 aliphatic heterocycles. The molecule has 0 spiro atoms. The zero-order valence-electron chi connectivity index (χ0n) is 10.6. The highest BCUT2D eigenvalue weighted by Crippen LogP contribution is 1.95. The molecule has 0 aromatic heterocycles. The average molecular weight is 228 g/mol. The van der Waals surface area contributed by atoms with E-state index in [4.69, 9.17) is 0 Å². The third-order valence-electron chi connectivity index (χ3n) is 2.78. The third-order valence-corrected chi connectivity index (χ3v) is 2.78. The summed E-state index contributed by atoms with van der Waals surface area (Å²) in [6.07, 6.45) is 1.00. The van der Waals surface area contributed by atoms with Crippen LogP contribution in [0, 0.1) is 0 Å². The van der Waals surface area contributed by atoms with E-state index in [2.05, 4.69) is 20.4 Å². The van der Waals surface area contributed by atoms with Crippen LogP contribution in [0.5, 0.6) is 0 Å². The van der Waals surface area contributed by atoms with Crippen molar-refractivity contribution in [2.75, 3.05) is 53.9 Å². The molecule has 1 unspecified atom stereocenters. The zero-order chi connectivity index (χ0) is 12.0. The van der Waals surface area contributed by atoms with Gasteiger partial charge in [0.2, 0.25) is 5.91 Å². The molecule has 94 valence electrons. The maximum atomic E-state index is 11.8. The highest BCUT2D eigenvalue weighted by molar-refractivity contribution is 5.82. The van der Waals surface area contributed by atoms with Crippen molar-refractivity contribution in [1.29, 1.82) is 0 Å². The summed E-state index contributed by atoms with van der Waals surface area (Å²) in [4.78, 5) is 16.1. The van der Waals surface area contributed by atoms with Gasteiger partial charge in [-0.05, 0) is 34.1 Å². The van der Waals surface area contributed by atoms with Crippen LogP contribution in [0.15, 0.2) is 0 Å². The molecule has 0 saturated carbocycles. The quantitative estimate of drug-likeness (QED) is 0.590. The molecular weight excluding hydrogens is 204 g/mol. The van der Waals surface area contributed by atoms with Crippen LogP contribution < -0.4 is 10.6 Å². The number of carbonyl (C=O) groups excluding carboxylic acids is 1. The summed E-state index contributed by atoms with van der Waals surface area (Å²) < 4.78 is 0. The smallest absolute Gasteiger partial charge is 0.238 e. The van der Waals surface area contributed by atoms with E-state index >= 15 is 0 Å². The molecule has 2 N–H and O–H groups in total. The van der Waals surface area contributed by atoms with Crippen LogP contribution in [0.4, 0.5) is 0 Å². The van der Waals surface area contributed by atoms with Gasteiger partial charge in [0, 0.05) is 26.2 Å². The normalized spacial score (nSPS) is 22.4. The summed E-state index contributed by atoms with van der Waals surface area (Å²) in [5.41, 5.74) is 0. The minimum Gasteiger partial charge on any atom is -0.355 e. The van der Waals surface area contributed by atoms with Crippen molar-refractivity contribution in [3.05, 3.63) is 0 Å². The molecule has 1 aliphatic rings. The van der Waals surface area contributed by atoms with Gasteiger partial charge in [0.1, 0.15) is 0 Å². The summed E-state index contributed by atoms with van der Waals surface area (Å²) in [5.74, 6) is 0.130. The van der Waals surface area contributed by atoms with Gasteiger partial charge < -0.3 is 20.4 Å². The number of amides is 1. The van der Waals surface area contributed by atoms with Crippen molar-refractivity contribution in [1.82, 2.24) is 20.4 Å². The summed E-state index contributed by atoms with van der Waals surface area (Å²) in [6, 6.07) is -0.0434. The average Bonchev–Trinajstić information content (AvgIpc) is 2.24. The van der Waals surface area contributed by atoms with E-state index in [0.29, 0.717) is 0 Å². The van der Waals surface area contributed by atoms with E-state index in [0.717, 1.165) is 39.1 Å². The molecular formula is C11H24N4O. The topological polar surface area (TPSA) is 47.6 Å². The second-order valence-corrected chi connectivity index (χ2v) is 4.72. The first-order valence-corrected chi connectivity index (χ1v) is 5.94. The monoisotopic (exact) mass is 228 g/mol. The van der Waals surface area contributed by atoms with Crippen molar-refractivity contribution in [3.63, 3.8) is 0 Å². The molecule has 1 rings (SSSR count). The first kappa shape index (κ1) is 13.4. The minimum absolute atomic E-state index is 0.0434. The fraction of sp³-hybridized carbons (Fsp3) is 0.909. The van der Waals surface area contributed by atoms with Crippen LogP contribution in [-0.4, -0.2) is 75.6 Å². The largest absolute Gasteiger partial charge is 0.355 e. The maximum Gasteiger partial charge on any atom is 0.238 e. The summed E-state index contributed by atoms with van der Waals surface area (Å²) in [7, 11) is 6.13. The van der Waals surface area contributed by atoms with Crippen LogP contribution in [-0.2, 0) is 4.79 Å². The van der Waals surface area contributed by atoms with Crippen LogP contribution >= 0.6 is 0 Å². The summed E-state index contributed by atoms with van der Waals surface area (Å²) in [5, 5.41) is 6.21. The lowest BCUT2D eigenvalue weighted by molar-refractivity contribution is -0.124. The molecule has 0 aromatic carbocycles. The molecule has 0 aliphatic carbocycles. The number of hydrogen-bond donors (Lipinski definition) is 2. The molecule has 1 amide bonds. The molecule has 5 nitrogen and oxygen atoms in total. The second kappa shape index (κ2) is 6.83. The van der Waals surface area contributed by atoms with Crippen LogP contribution in [0.25, 0.3) is 0 Å². The molecule has 0 radical (unpaired) electrons. The number of piperazine rings is 1. The Morgan fingerprint density at radius 1 is 1.56 bits per heavy atom. The second-order valence-electron chi connectivity index (χ2n) is 4.72. The predicted molar refractivity (Wildman–Crippen MR) is 65.5 cm³/mol. The summed E-state index contributed by atoms with van der Waals surface area (Å²) in [6.45, 7) is 4.49. The zero-order valence-corrected chi connectivity index (χ0v) is 10.6. The van der Waals surface area contributed by atoms with Crippen molar-refractivity contribution in [3.8, 4) is 0 Å². The van der Waals surface area contributed by atoms with Gasteiger partial charge in [0.15, 0.2) is 0 Å². The van der Waals surface area contributed by atoms with Crippen molar-refractivity contribution < 1.29 is 4.79 Å². The van der Waals surface area contributed by atoms with E-state index in [1.807, 2.05) is 21.1 Å². The van der Waals surface area contributed by atoms with Gasteiger partial charge in [0.05, 0.1) is 6.04 Å². The highest BCUT2D eigenvalue weighted by atomic mass is 16.2. The number of nitrogens with zero attached hydrogens (tertiary/aromatic N) is 2. The van der Waals surface area contributed by atoms with Crippen molar-refractivity contribution in [2.45, 2.75) is 12.5 Å². The standard InChI is InChI=1S/C11H24N4O/c1-14(2)7-4-5-13-11(16)10-9-15(3)8-6-12-10/h10,12H,4-9H2,1-3H3,(H,13,16). The summed E-state index contributed by atoms with van der Waals surface area (Å²) >= 11 is 0. The number of nitrogens with one attached hydrogen (secondary N) is 2. The van der Waals surface area contributed by atoms with Gasteiger partial charge in [-0.3, -0.25) is 4.79 Å². The van der Waals surface area contributed by atoms with Crippen molar-refractivity contribution in [2.24, 2.45) is 0 Å². The van der Waals surface area contributed by atoms with Crippen LogP contribution in [0.1, 0.15) is 6.42 Å². The van der Waals surface area contributed by atoms with E-state index in [-0.39, 0.29) is 11.9 Å². The fourth-order valence-corrected chi connectivity index (χ4v) is 1.80. The van der Waals surface area contributed by atoms with Gasteiger partial charge in [-0.1, -0.05) is 0 Å². The molecule has 0 bridgehead atoms. The lowest BCUT2D eigenvalue weighted by Gasteiger charge is -2.29. The Hall–Kier alpha value is -0.650. The first-order chi connectivity index (χ1) is 7.59. The number of likely N-dealkylation sites (N-methyl/N-ethyl adjacent to an activating group) is 1. The number of rotatable bonds is 5. The highest BCUT2D eigenvalue weighted by Gasteiger charge is 2.22. The first-order valence-electron chi connectivity index (χ1n) is 5.94. The Balaban J connectivity index is 2.14. The van der Waals surface area contributed by atoms with E-state index in [1.54, 1.807) is 0 Å². The predicted octanol–water partition coefficient (Wildman–Crippen LogP) is -1.04. The molecule has 1 heterocycles. The molecule has 1 atom stereocenters. The Bertz CT molecular complexity index is 220.